The molecule has 162 valence electrons. The van der Waals surface area contributed by atoms with E-state index in [1.54, 1.807) is 25.3 Å². The predicted molar refractivity (Wildman–Crippen MR) is 119 cm³/mol. The van der Waals surface area contributed by atoms with E-state index in [4.69, 9.17) is 15.2 Å². The predicted octanol–water partition coefficient (Wildman–Crippen LogP) is 3.36. The zero-order chi connectivity index (χ0) is 22.4. The van der Waals surface area contributed by atoms with Crippen LogP contribution in [0.25, 0.3) is 0 Å². The van der Waals surface area contributed by atoms with Crippen molar-refractivity contribution in [3.63, 3.8) is 0 Å². The highest BCUT2D eigenvalue weighted by Crippen LogP contribution is 2.51. The van der Waals surface area contributed by atoms with Crippen molar-refractivity contribution >= 4 is 23.4 Å². The zero-order valence-electron chi connectivity index (χ0n) is 17.6. The number of nitrogens with one attached hydrogen (secondary N) is 2. The molecular weight excluding hydrogens is 414 g/mol. The van der Waals surface area contributed by atoms with Crippen molar-refractivity contribution in [1.82, 2.24) is 5.32 Å². The number of allylic oxidation sites excluding steroid dienone is 2. The van der Waals surface area contributed by atoms with Gasteiger partial charge in [0, 0.05) is 11.5 Å². The lowest BCUT2D eigenvalue weighted by molar-refractivity contribution is -0.113. The van der Waals surface area contributed by atoms with Crippen molar-refractivity contribution in [2.45, 2.75) is 32.1 Å². The van der Waals surface area contributed by atoms with Gasteiger partial charge in [0.1, 0.15) is 17.3 Å². The van der Waals surface area contributed by atoms with E-state index >= 15 is 0 Å². The molecule has 0 unspecified atom stereocenters. The number of rotatable bonds is 6. The van der Waals surface area contributed by atoms with Crippen LogP contribution in [0.4, 0.5) is 5.69 Å². The first-order valence-corrected chi connectivity index (χ1v) is 10.9. The number of carbonyl (C=O) groups excluding carboxylic acids is 1. The monoisotopic (exact) mass is 439 g/mol. The molecule has 31 heavy (non-hydrogen) atoms. The second-order valence-corrected chi connectivity index (χ2v) is 8.37. The van der Waals surface area contributed by atoms with Gasteiger partial charge in [0.05, 0.1) is 54.0 Å². The van der Waals surface area contributed by atoms with E-state index in [1.807, 2.05) is 0 Å². The minimum Gasteiger partial charge on any atom is -0.497 e. The Kier molecular flexibility index (Phi) is 6.98. The lowest BCUT2D eigenvalue weighted by atomic mass is 9.64. The number of amides is 1. The number of nitrogens with zero attached hydrogens (tertiary/aromatic N) is 2. The molecule has 1 aromatic carbocycles. The minimum atomic E-state index is -0.658. The van der Waals surface area contributed by atoms with Gasteiger partial charge in [0.25, 0.3) is 0 Å². The molecule has 1 saturated carbocycles. The number of carbonyl (C=O) groups is 1. The lowest BCUT2D eigenvalue weighted by Gasteiger charge is -2.40. The van der Waals surface area contributed by atoms with Crippen molar-refractivity contribution < 1.29 is 14.3 Å². The largest absolute Gasteiger partial charge is 0.497 e. The normalized spacial score (nSPS) is 17.4. The number of dihydropyridines is 1. The van der Waals surface area contributed by atoms with Gasteiger partial charge in [-0.15, -0.1) is 0 Å². The smallest absolute Gasteiger partial charge is 0.234 e. The van der Waals surface area contributed by atoms with Crippen LogP contribution in [0, 0.1) is 28.1 Å². The molecule has 1 heterocycles. The molecule has 1 spiro atoms. The summed E-state index contributed by atoms with van der Waals surface area (Å²) in [4.78, 5) is 12.6. The van der Waals surface area contributed by atoms with Crippen LogP contribution in [0.5, 0.6) is 11.5 Å². The minimum absolute atomic E-state index is 0.0634. The maximum absolute atomic E-state index is 12.6. The number of anilines is 1. The first kappa shape index (κ1) is 22.4. The van der Waals surface area contributed by atoms with Gasteiger partial charge >= 0.3 is 0 Å². The first-order chi connectivity index (χ1) is 15.0. The summed E-state index contributed by atoms with van der Waals surface area (Å²) in [5, 5.41) is 26.0. The number of ether oxygens (including phenoxy) is 2. The van der Waals surface area contributed by atoms with Crippen LogP contribution in [0.3, 0.4) is 0 Å². The number of methoxy groups -OCH3 is 2. The molecule has 1 aliphatic carbocycles. The molecule has 1 aromatic rings. The van der Waals surface area contributed by atoms with E-state index in [0.29, 0.717) is 46.2 Å². The van der Waals surface area contributed by atoms with Gasteiger partial charge < -0.3 is 25.8 Å². The highest BCUT2D eigenvalue weighted by Gasteiger charge is 2.45. The van der Waals surface area contributed by atoms with E-state index in [1.165, 1.54) is 18.9 Å². The van der Waals surface area contributed by atoms with Crippen molar-refractivity contribution in [2.75, 3.05) is 25.3 Å². The molecule has 0 bridgehead atoms. The molecule has 0 atom stereocenters. The Morgan fingerprint density at radius 2 is 1.90 bits per heavy atom. The maximum atomic E-state index is 12.6. The standard InChI is InChI=1S/C22H25N5O3S/c1-29-14-6-7-17(18(10-14)30-2)26-19(28)13-31-21-16(12-24)22(8-4-3-5-9-22)15(11-23)20(25)27-21/h6-7,10,27H,3-5,8-9,13,25H2,1-2H3,(H,26,28). The third-order valence-electron chi connectivity index (χ3n) is 5.66. The molecule has 0 radical (unpaired) electrons. The fourth-order valence-corrected chi connectivity index (χ4v) is 5.08. The number of hydrogen-bond donors (Lipinski definition) is 3. The Labute approximate surface area is 186 Å². The van der Waals surface area contributed by atoms with Crippen LogP contribution in [0.15, 0.2) is 40.2 Å². The Morgan fingerprint density at radius 1 is 1.19 bits per heavy atom. The van der Waals surface area contributed by atoms with Crippen LogP contribution in [0.2, 0.25) is 0 Å². The summed E-state index contributed by atoms with van der Waals surface area (Å²) >= 11 is 1.21. The van der Waals surface area contributed by atoms with E-state index in [0.717, 1.165) is 19.3 Å². The van der Waals surface area contributed by atoms with Crippen LogP contribution in [0.1, 0.15) is 32.1 Å². The van der Waals surface area contributed by atoms with Crippen LogP contribution in [-0.4, -0.2) is 25.9 Å². The molecule has 8 nitrogen and oxygen atoms in total. The maximum Gasteiger partial charge on any atom is 0.234 e. The second-order valence-electron chi connectivity index (χ2n) is 7.39. The highest BCUT2D eigenvalue weighted by molar-refractivity contribution is 8.03. The Morgan fingerprint density at radius 3 is 2.52 bits per heavy atom. The van der Waals surface area contributed by atoms with Gasteiger partial charge in [-0.2, -0.15) is 10.5 Å². The summed E-state index contributed by atoms with van der Waals surface area (Å²) in [5.74, 6) is 1.17. The van der Waals surface area contributed by atoms with Gasteiger partial charge in [-0.05, 0) is 25.0 Å². The molecule has 2 aliphatic rings. The number of benzene rings is 1. The van der Waals surface area contributed by atoms with Crippen molar-refractivity contribution in [3.8, 4) is 23.6 Å². The third kappa shape index (κ3) is 4.42. The first-order valence-electron chi connectivity index (χ1n) is 9.96. The topological polar surface area (TPSA) is 133 Å². The summed E-state index contributed by atoms with van der Waals surface area (Å²) in [6.45, 7) is 0. The molecular formula is C22H25N5O3S. The molecule has 1 fully saturated rings. The third-order valence-corrected chi connectivity index (χ3v) is 6.66. The van der Waals surface area contributed by atoms with E-state index in [2.05, 4.69) is 22.8 Å². The van der Waals surface area contributed by atoms with Gasteiger partial charge in [0.2, 0.25) is 5.91 Å². The average Bonchev–Trinajstić information content (AvgIpc) is 2.78. The number of hydrogen-bond acceptors (Lipinski definition) is 8. The second kappa shape index (κ2) is 9.67. The SMILES string of the molecule is COc1ccc(NC(=O)CSC2=C(C#N)C3(CCCCC3)C(C#N)=C(N)N2)c(OC)c1. The molecule has 0 saturated heterocycles. The fourth-order valence-electron chi connectivity index (χ4n) is 4.16. The van der Waals surface area contributed by atoms with Crippen LogP contribution in [-0.2, 0) is 4.79 Å². The number of nitriles is 2. The number of nitrogens with two attached hydrogens (primary N) is 1. The Hall–Kier alpha value is -3.30. The number of thioether (sulfide) groups is 1. The van der Waals surface area contributed by atoms with E-state index < -0.39 is 5.41 Å². The van der Waals surface area contributed by atoms with Crippen molar-refractivity contribution in [3.05, 3.63) is 40.2 Å². The van der Waals surface area contributed by atoms with Crippen LogP contribution < -0.4 is 25.8 Å². The van der Waals surface area contributed by atoms with Crippen molar-refractivity contribution in [1.29, 1.82) is 10.5 Å². The Bertz CT molecular complexity index is 1010. The lowest BCUT2D eigenvalue weighted by Crippen LogP contribution is -2.39. The fraction of sp³-hybridized carbons (Fsp3) is 0.409. The molecule has 4 N–H and O–H groups in total. The van der Waals surface area contributed by atoms with Crippen molar-refractivity contribution in [2.24, 2.45) is 11.1 Å². The van der Waals surface area contributed by atoms with E-state index in [9.17, 15) is 15.3 Å². The van der Waals surface area contributed by atoms with Gasteiger partial charge in [0.15, 0.2) is 0 Å². The average molecular weight is 440 g/mol. The van der Waals surface area contributed by atoms with Gasteiger partial charge in [-0.3, -0.25) is 4.79 Å². The molecule has 3 rings (SSSR count). The summed E-state index contributed by atoms with van der Waals surface area (Å²) in [5.41, 5.74) is 6.95. The summed E-state index contributed by atoms with van der Waals surface area (Å²) < 4.78 is 10.5. The summed E-state index contributed by atoms with van der Waals surface area (Å²) in [6, 6.07) is 9.62. The van der Waals surface area contributed by atoms with Gasteiger partial charge in [-0.25, -0.2) is 0 Å². The highest BCUT2D eigenvalue weighted by atomic mass is 32.2. The summed E-state index contributed by atoms with van der Waals surface area (Å²) in [7, 11) is 3.07. The summed E-state index contributed by atoms with van der Waals surface area (Å²) in [6.07, 6.45) is 4.35. The molecule has 9 heteroatoms. The Balaban J connectivity index is 1.78. The quantitative estimate of drug-likeness (QED) is 0.614. The van der Waals surface area contributed by atoms with E-state index in [-0.39, 0.29) is 17.5 Å². The zero-order valence-corrected chi connectivity index (χ0v) is 18.4. The molecule has 1 aliphatic heterocycles. The molecule has 0 aromatic heterocycles. The van der Waals surface area contributed by atoms with Gasteiger partial charge in [-0.1, -0.05) is 31.0 Å². The van der Waals surface area contributed by atoms with Crippen LogP contribution >= 0.6 is 11.8 Å². The molecule has 1 amide bonds.